The Morgan fingerprint density at radius 1 is 0.885 bits per heavy atom. The number of aryl methyl sites for hydroxylation is 1. The summed E-state index contributed by atoms with van der Waals surface area (Å²) < 4.78 is 83.0. The van der Waals surface area contributed by atoms with Crippen LogP contribution in [0.1, 0.15) is 28.7 Å². The Morgan fingerprint density at radius 2 is 1.58 bits per heavy atom. The summed E-state index contributed by atoms with van der Waals surface area (Å²) in [5.41, 5.74) is -2.40. The van der Waals surface area contributed by atoms with Gasteiger partial charge in [-0.1, -0.05) is 18.2 Å². The molecule has 0 aliphatic rings. The number of ether oxygens (including phenoxy) is 1. The fraction of sp³-hybridized carbons (Fsp3) is 0.278. The van der Waals surface area contributed by atoms with Gasteiger partial charge in [-0.15, -0.1) is 0 Å². The lowest BCUT2D eigenvalue weighted by molar-refractivity contribution is -0.142. The highest BCUT2D eigenvalue weighted by atomic mass is 19.4. The SMILES string of the molecule is O=CCCc1ccccc1OCc1cc(C(F)(F)F)ccc1C(F)(F)F. The summed E-state index contributed by atoms with van der Waals surface area (Å²) in [5, 5.41) is 0. The standard InChI is InChI=1S/C18H14F6O2/c19-17(20,21)14-7-8-15(18(22,23)24)13(10-14)11-26-16-6-2-1-4-12(16)5-3-9-25/h1-2,4,6-10H,3,5,11H2. The van der Waals surface area contributed by atoms with Crippen molar-refractivity contribution in [3.63, 3.8) is 0 Å². The minimum Gasteiger partial charge on any atom is -0.489 e. The van der Waals surface area contributed by atoms with E-state index in [9.17, 15) is 31.1 Å². The maximum Gasteiger partial charge on any atom is 0.416 e. The van der Waals surface area contributed by atoms with E-state index in [4.69, 9.17) is 4.74 Å². The van der Waals surface area contributed by atoms with Crippen molar-refractivity contribution in [1.29, 1.82) is 0 Å². The molecule has 8 heteroatoms. The molecular formula is C18H14F6O2. The van der Waals surface area contributed by atoms with E-state index >= 15 is 0 Å². The topological polar surface area (TPSA) is 26.3 Å². The fourth-order valence-electron chi connectivity index (χ4n) is 2.39. The van der Waals surface area contributed by atoms with Crippen LogP contribution in [0.25, 0.3) is 0 Å². The van der Waals surface area contributed by atoms with Crippen LogP contribution >= 0.6 is 0 Å². The molecule has 0 radical (unpaired) electrons. The maximum atomic E-state index is 13.1. The van der Waals surface area contributed by atoms with Crippen LogP contribution in [0.4, 0.5) is 26.3 Å². The summed E-state index contributed by atoms with van der Waals surface area (Å²) in [5.74, 6) is 0.222. The molecule has 0 N–H and O–H groups in total. The second-order valence-corrected chi connectivity index (χ2v) is 5.47. The van der Waals surface area contributed by atoms with Crippen LogP contribution < -0.4 is 4.74 Å². The van der Waals surface area contributed by atoms with Gasteiger partial charge in [0.15, 0.2) is 0 Å². The Hall–Kier alpha value is -2.51. The van der Waals surface area contributed by atoms with Crippen molar-refractivity contribution in [1.82, 2.24) is 0 Å². The van der Waals surface area contributed by atoms with Gasteiger partial charge in [-0.2, -0.15) is 26.3 Å². The molecule has 2 nitrogen and oxygen atoms in total. The number of halogens is 6. The van der Waals surface area contributed by atoms with Gasteiger partial charge in [-0.25, -0.2) is 0 Å². The summed E-state index contributed by atoms with van der Waals surface area (Å²) in [6.45, 7) is -0.684. The van der Waals surface area contributed by atoms with E-state index in [2.05, 4.69) is 0 Å². The van der Waals surface area contributed by atoms with Crippen molar-refractivity contribution in [2.24, 2.45) is 0 Å². The van der Waals surface area contributed by atoms with Gasteiger partial charge in [-0.3, -0.25) is 0 Å². The normalized spacial score (nSPS) is 12.1. The van der Waals surface area contributed by atoms with E-state index in [1.165, 1.54) is 6.07 Å². The summed E-state index contributed by atoms with van der Waals surface area (Å²) in [7, 11) is 0. The Balaban J connectivity index is 2.32. The van der Waals surface area contributed by atoms with E-state index in [-0.39, 0.29) is 12.2 Å². The summed E-state index contributed by atoms with van der Waals surface area (Å²) in [6.07, 6.45) is -8.38. The van der Waals surface area contributed by atoms with Crippen LogP contribution in [0.3, 0.4) is 0 Å². The highest BCUT2D eigenvalue weighted by Crippen LogP contribution is 2.37. The first-order chi connectivity index (χ1) is 12.1. The molecule has 2 aromatic rings. The molecule has 0 saturated heterocycles. The number of benzene rings is 2. The Labute approximate surface area is 145 Å². The Morgan fingerprint density at radius 3 is 2.19 bits per heavy atom. The third-order valence-corrected chi connectivity index (χ3v) is 3.63. The molecule has 2 aromatic carbocycles. The monoisotopic (exact) mass is 376 g/mol. The van der Waals surface area contributed by atoms with Crippen molar-refractivity contribution in [2.45, 2.75) is 31.8 Å². The highest BCUT2D eigenvalue weighted by molar-refractivity contribution is 5.51. The zero-order chi connectivity index (χ0) is 19.4. The first-order valence-corrected chi connectivity index (χ1v) is 7.54. The van der Waals surface area contributed by atoms with Gasteiger partial charge >= 0.3 is 12.4 Å². The maximum absolute atomic E-state index is 13.1. The van der Waals surface area contributed by atoms with Gasteiger partial charge in [0.2, 0.25) is 0 Å². The molecule has 0 aliphatic heterocycles. The summed E-state index contributed by atoms with van der Waals surface area (Å²) >= 11 is 0. The number of hydrogen-bond acceptors (Lipinski definition) is 2. The zero-order valence-corrected chi connectivity index (χ0v) is 13.3. The molecule has 0 atom stereocenters. The van der Waals surface area contributed by atoms with Gasteiger partial charge in [0.05, 0.1) is 11.1 Å². The predicted molar refractivity (Wildman–Crippen MR) is 81.6 cm³/mol. The largest absolute Gasteiger partial charge is 0.489 e. The Bertz CT molecular complexity index is 765. The number of alkyl halides is 6. The lowest BCUT2D eigenvalue weighted by Gasteiger charge is -2.17. The smallest absolute Gasteiger partial charge is 0.416 e. The molecule has 0 heterocycles. The first-order valence-electron chi connectivity index (χ1n) is 7.54. The first kappa shape index (κ1) is 19.8. The molecule has 0 aliphatic carbocycles. The molecule has 0 saturated carbocycles. The van der Waals surface area contributed by atoms with Crippen molar-refractivity contribution < 1.29 is 35.9 Å². The molecule has 26 heavy (non-hydrogen) atoms. The van der Waals surface area contributed by atoms with Gasteiger partial charge < -0.3 is 9.53 Å². The molecule has 0 aromatic heterocycles. The van der Waals surface area contributed by atoms with Gasteiger partial charge in [-0.05, 0) is 36.2 Å². The van der Waals surface area contributed by atoms with Crippen LogP contribution in [0.2, 0.25) is 0 Å². The van der Waals surface area contributed by atoms with E-state index in [1.807, 2.05) is 0 Å². The van der Waals surface area contributed by atoms with E-state index in [0.717, 1.165) is 0 Å². The average Bonchev–Trinajstić information content (AvgIpc) is 2.57. The van der Waals surface area contributed by atoms with Crippen molar-refractivity contribution >= 4 is 6.29 Å². The number of carbonyl (C=O) groups excluding carboxylic acids is 1. The molecule has 0 unspecified atom stereocenters. The van der Waals surface area contributed by atoms with Gasteiger partial charge in [0.1, 0.15) is 18.6 Å². The highest BCUT2D eigenvalue weighted by Gasteiger charge is 2.37. The molecular weight excluding hydrogens is 362 g/mol. The van der Waals surface area contributed by atoms with Crippen LogP contribution in [0.15, 0.2) is 42.5 Å². The minimum atomic E-state index is -4.81. The fourth-order valence-corrected chi connectivity index (χ4v) is 2.39. The van der Waals surface area contributed by atoms with Crippen LogP contribution in [0, 0.1) is 0 Å². The van der Waals surface area contributed by atoms with Crippen LogP contribution in [-0.4, -0.2) is 6.29 Å². The van der Waals surface area contributed by atoms with Crippen LogP contribution in [0.5, 0.6) is 5.75 Å². The predicted octanol–water partition coefficient (Wildman–Crippen LogP) is 5.43. The number of aldehydes is 1. The molecule has 140 valence electrons. The van der Waals surface area contributed by atoms with Gasteiger partial charge in [0, 0.05) is 12.0 Å². The third-order valence-electron chi connectivity index (χ3n) is 3.63. The molecule has 0 bridgehead atoms. The zero-order valence-electron chi connectivity index (χ0n) is 13.3. The van der Waals surface area contributed by atoms with Crippen LogP contribution in [-0.2, 0) is 30.2 Å². The Kier molecular flexibility index (Phi) is 5.94. The van der Waals surface area contributed by atoms with E-state index in [0.29, 0.717) is 36.5 Å². The molecule has 2 rings (SSSR count). The number of hydrogen-bond donors (Lipinski definition) is 0. The second kappa shape index (κ2) is 7.80. The quantitative estimate of drug-likeness (QED) is 0.496. The van der Waals surface area contributed by atoms with Gasteiger partial charge in [0.25, 0.3) is 0 Å². The molecule has 0 amide bonds. The lowest BCUT2D eigenvalue weighted by Crippen LogP contribution is -2.14. The molecule has 0 spiro atoms. The number of rotatable bonds is 6. The third kappa shape index (κ3) is 5.00. The minimum absolute atomic E-state index is 0.192. The van der Waals surface area contributed by atoms with E-state index in [1.54, 1.807) is 18.2 Å². The molecule has 0 fully saturated rings. The van der Waals surface area contributed by atoms with Crippen molar-refractivity contribution in [3.8, 4) is 5.75 Å². The summed E-state index contributed by atoms with van der Waals surface area (Å²) in [6, 6.07) is 7.60. The van der Waals surface area contributed by atoms with E-state index < -0.39 is 35.6 Å². The summed E-state index contributed by atoms with van der Waals surface area (Å²) in [4.78, 5) is 10.5. The van der Waals surface area contributed by atoms with Crippen molar-refractivity contribution in [3.05, 3.63) is 64.7 Å². The van der Waals surface area contributed by atoms with Crippen molar-refractivity contribution in [2.75, 3.05) is 0 Å². The number of para-hydroxylation sites is 1. The average molecular weight is 376 g/mol. The second-order valence-electron chi connectivity index (χ2n) is 5.47. The number of carbonyl (C=O) groups is 1. The lowest BCUT2D eigenvalue weighted by atomic mass is 10.0.